The number of fused-ring (bicyclic) bond motifs is 2. The molecular formula is C31H40N4O4. The van der Waals surface area contributed by atoms with E-state index in [1.54, 1.807) is 7.11 Å². The van der Waals surface area contributed by atoms with Gasteiger partial charge in [-0.15, -0.1) is 0 Å². The van der Waals surface area contributed by atoms with E-state index in [0.717, 1.165) is 54.7 Å². The quantitative estimate of drug-likeness (QED) is 0.496. The number of para-hydroxylation sites is 3. The van der Waals surface area contributed by atoms with Gasteiger partial charge in [0.05, 0.1) is 23.0 Å². The monoisotopic (exact) mass is 532 g/mol. The average molecular weight is 533 g/mol. The van der Waals surface area contributed by atoms with Crippen molar-refractivity contribution in [3.05, 3.63) is 59.9 Å². The van der Waals surface area contributed by atoms with Crippen molar-refractivity contribution in [3.8, 4) is 5.75 Å². The predicted molar refractivity (Wildman–Crippen MR) is 150 cm³/mol. The van der Waals surface area contributed by atoms with E-state index < -0.39 is 5.41 Å². The fourth-order valence-electron chi connectivity index (χ4n) is 6.14. The molecule has 8 heteroatoms. The molecule has 5 rings (SSSR count). The maximum atomic E-state index is 13.8. The molecule has 0 unspecified atom stereocenters. The van der Waals surface area contributed by atoms with Crippen molar-refractivity contribution in [3.63, 3.8) is 0 Å². The summed E-state index contributed by atoms with van der Waals surface area (Å²) in [5.74, 6) is 1.92. The summed E-state index contributed by atoms with van der Waals surface area (Å²) in [5.41, 5.74) is 2.61. The minimum Gasteiger partial charge on any atom is -0.491 e. The summed E-state index contributed by atoms with van der Waals surface area (Å²) >= 11 is 0. The molecule has 2 aromatic carbocycles. The normalized spacial score (nSPS) is 18.7. The Bertz CT molecular complexity index is 1290. The second-order valence-corrected chi connectivity index (χ2v) is 10.9. The Morgan fingerprint density at radius 1 is 1.00 bits per heavy atom. The van der Waals surface area contributed by atoms with Crippen molar-refractivity contribution in [2.45, 2.75) is 58.1 Å². The molecular weight excluding hydrogens is 492 g/mol. The van der Waals surface area contributed by atoms with Crippen molar-refractivity contribution < 1.29 is 19.1 Å². The van der Waals surface area contributed by atoms with E-state index >= 15 is 0 Å². The molecule has 0 N–H and O–H groups in total. The van der Waals surface area contributed by atoms with Crippen LogP contribution in [0, 0.1) is 5.41 Å². The Morgan fingerprint density at radius 3 is 2.59 bits per heavy atom. The van der Waals surface area contributed by atoms with E-state index in [4.69, 9.17) is 9.47 Å². The van der Waals surface area contributed by atoms with E-state index in [1.165, 1.54) is 5.56 Å². The SMILES string of the molecule is COCc1nc2ccccc2n1CC(=O)N1CCC2(CCCCCc3ccccc3OCCN(C)C2=O)CC1. The van der Waals surface area contributed by atoms with Gasteiger partial charge in [0.25, 0.3) is 0 Å². The number of carbonyl (C=O) groups is 2. The van der Waals surface area contributed by atoms with Crippen molar-refractivity contribution in [1.29, 1.82) is 0 Å². The standard InChI is InChI=1S/C31H40N4O4/c1-33-20-21-39-27-14-8-5-11-24(27)10-4-3-9-15-31(30(33)37)16-18-34(19-17-31)29(36)22-35-26-13-7-6-12-25(26)32-28(35)23-38-2/h5-8,11-14H,3-4,9-10,15-23H2,1-2H3. The number of likely N-dealkylation sites (N-methyl/N-ethyl adjacent to an activating group) is 1. The lowest BCUT2D eigenvalue weighted by molar-refractivity contribution is -0.148. The second kappa shape index (κ2) is 12.2. The number of hydrogen-bond donors (Lipinski definition) is 0. The summed E-state index contributed by atoms with van der Waals surface area (Å²) in [6.45, 7) is 2.77. The summed E-state index contributed by atoms with van der Waals surface area (Å²) in [7, 11) is 3.53. The molecule has 0 aliphatic carbocycles. The third kappa shape index (κ3) is 5.96. The number of nitrogens with zero attached hydrogens (tertiary/aromatic N) is 4. The Labute approximate surface area is 230 Å². The number of piperidine rings is 1. The first-order chi connectivity index (χ1) is 19.0. The maximum absolute atomic E-state index is 13.8. The van der Waals surface area contributed by atoms with Crippen molar-refractivity contribution >= 4 is 22.8 Å². The summed E-state index contributed by atoms with van der Waals surface area (Å²) in [6.07, 6.45) is 6.41. The van der Waals surface area contributed by atoms with Crippen molar-refractivity contribution in [2.75, 3.05) is 40.4 Å². The van der Waals surface area contributed by atoms with Crippen LogP contribution in [0.25, 0.3) is 11.0 Å². The molecule has 8 nitrogen and oxygen atoms in total. The molecule has 3 aromatic rings. The molecule has 39 heavy (non-hydrogen) atoms. The highest BCUT2D eigenvalue weighted by atomic mass is 16.5. The van der Waals surface area contributed by atoms with E-state index in [-0.39, 0.29) is 18.4 Å². The summed E-state index contributed by atoms with van der Waals surface area (Å²) in [6, 6.07) is 16.1. The zero-order valence-electron chi connectivity index (χ0n) is 23.2. The summed E-state index contributed by atoms with van der Waals surface area (Å²) < 4.78 is 13.4. The third-order valence-corrected chi connectivity index (χ3v) is 8.43. The van der Waals surface area contributed by atoms with Crippen LogP contribution >= 0.6 is 0 Å². The average Bonchev–Trinajstić information content (AvgIpc) is 3.30. The van der Waals surface area contributed by atoms with E-state index in [2.05, 4.69) is 17.1 Å². The van der Waals surface area contributed by atoms with Crippen LogP contribution in [-0.4, -0.2) is 71.6 Å². The van der Waals surface area contributed by atoms with Gasteiger partial charge in [0.15, 0.2) is 0 Å². The largest absolute Gasteiger partial charge is 0.491 e. The lowest BCUT2D eigenvalue weighted by Gasteiger charge is -2.42. The molecule has 3 heterocycles. The van der Waals surface area contributed by atoms with Gasteiger partial charge in [-0.25, -0.2) is 4.98 Å². The molecule has 0 atom stereocenters. The molecule has 2 aliphatic rings. The minimum absolute atomic E-state index is 0.0574. The van der Waals surface area contributed by atoms with E-state index in [9.17, 15) is 9.59 Å². The van der Waals surface area contributed by atoms with Gasteiger partial charge in [-0.1, -0.05) is 43.2 Å². The van der Waals surface area contributed by atoms with Gasteiger partial charge in [-0.05, 0) is 55.9 Å². The first-order valence-electron chi connectivity index (χ1n) is 14.2. The zero-order valence-corrected chi connectivity index (χ0v) is 23.2. The smallest absolute Gasteiger partial charge is 0.242 e. The molecule has 0 bridgehead atoms. The second-order valence-electron chi connectivity index (χ2n) is 10.9. The first-order valence-corrected chi connectivity index (χ1v) is 14.2. The van der Waals surface area contributed by atoms with Gasteiger partial charge in [-0.3, -0.25) is 9.59 Å². The molecule has 0 saturated carbocycles. The van der Waals surface area contributed by atoms with Crippen LogP contribution < -0.4 is 4.74 Å². The van der Waals surface area contributed by atoms with E-state index in [0.29, 0.717) is 45.7 Å². The molecule has 1 aromatic heterocycles. The number of carbonyl (C=O) groups excluding carboxylic acids is 2. The van der Waals surface area contributed by atoms with Gasteiger partial charge in [-0.2, -0.15) is 0 Å². The topological polar surface area (TPSA) is 76.9 Å². The van der Waals surface area contributed by atoms with Crippen LogP contribution in [0.3, 0.4) is 0 Å². The highest BCUT2D eigenvalue weighted by molar-refractivity contribution is 5.84. The van der Waals surface area contributed by atoms with Gasteiger partial charge in [0, 0.05) is 27.2 Å². The zero-order chi connectivity index (χ0) is 27.2. The van der Waals surface area contributed by atoms with Crippen LogP contribution in [0.1, 0.15) is 49.9 Å². The molecule has 0 radical (unpaired) electrons. The van der Waals surface area contributed by atoms with E-state index in [1.807, 2.05) is 57.8 Å². The molecule has 2 amide bonds. The lowest BCUT2D eigenvalue weighted by atomic mass is 9.73. The molecule has 1 fully saturated rings. The Balaban J connectivity index is 1.26. The van der Waals surface area contributed by atoms with Gasteiger partial charge >= 0.3 is 0 Å². The lowest BCUT2D eigenvalue weighted by Crippen LogP contribution is -2.51. The number of likely N-dealkylation sites (tertiary alicyclic amines) is 1. The number of hydrogen-bond acceptors (Lipinski definition) is 5. The number of aromatic nitrogens is 2. The van der Waals surface area contributed by atoms with Crippen LogP contribution in [0.15, 0.2) is 48.5 Å². The number of benzene rings is 2. The third-order valence-electron chi connectivity index (χ3n) is 8.43. The first kappa shape index (κ1) is 27.2. The molecule has 1 spiro atoms. The predicted octanol–water partition coefficient (Wildman–Crippen LogP) is 4.45. The number of ether oxygens (including phenoxy) is 2. The summed E-state index contributed by atoms with van der Waals surface area (Å²) in [4.78, 5) is 35.7. The van der Waals surface area contributed by atoms with Crippen molar-refractivity contribution in [1.82, 2.24) is 19.4 Å². The number of imidazole rings is 1. The van der Waals surface area contributed by atoms with Crippen molar-refractivity contribution in [2.24, 2.45) is 5.41 Å². The van der Waals surface area contributed by atoms with Crippen LogP contribution in [0.2, 0.25) is 0 Å². The van der Waals surface area contributed by atoms with Gasteiger partial charge in [0.2, 0.25) is 11.8 Å². The fraction of sp³-hybridized carbons (Fsp3) is 0.516. The van der Waals surface area contributed by atoms with Gasteiger partial charge in [0.1, 0.15) is 31.3 Å². The fourth-order valence-corrected chi connectivity index (χ4v) is 6.14. The minimum atomic E-state index is -0.421. The molecule has 1 saturated heterocycles. The van der Waals surface area contributed by atoms with Crippen LogP contribution in [0.4, 0.5) is 0 Å². The summed E-state index contributed by atoms with van der Waals surface area (Å²) in [5, 5.41) is 0. The molecule has 2 aliphatic heterocycles. The van der Waals surface area contributed by atoms with Crippen LogP contribution in [-0.2, 0) is 33.9 Å². The Morgan fingerprint density at radius 2 is 1.77 bits per heavy atom. The highest BCUT2D eigenvalue weighted by Crippen LogP contribution is 2.39. The number of rotatable bonds is 4. The Hall–Kier alpha value is -3.39. The number of methoxy groups -OCH3 is 1. The Kier molecular flexibility index (Phi) is 8.50. The van der Waals surface area contributed by atoms with Crippen LogP contribution in [0.5, 0.6) is 5.75 Å². The number of amides is 2. The molecule has 208 valence electrons. The van der Waals surface area contributed by atoms with Gasteiger partial charge < -0.3 is 23.8 Å². The maximum Gasteiger partial charge on any atom is 0.242 e. The highest BCUT2D eigenvalue weighted by Gasteiger charge is 2.43. The number of aryl methyl sites for hydroxylation is 1.